The van der Waals surface area contributed by atoms with Gasteiger partial charge in [0.2, 0.25) is 6.41 Å². The van der Waals surface area contributed by atoms with Crippen molar-refractivity contribution in [2.24, 2.45) is 11.8 Å². The van der Waals surface area contributed by atoms with Crippen molar-refractivity contribution >= 4 is 36.9 Å². The summed E-state index contributed by atoms with van der Waals surface area (Å²) in [5, 5.41) is 2.52. The molecule has 186 valence electrons. The van der Waals surface area contributed by atoms with Gasteiger partial charge in [0.1, 0.15) is 0 Å². The molecular weight excluding hydrogens is 458 g/mol. The van der Waals surface area contributed by atoms with Crippen LogP contribution in [0.1, 0.15) is 32.8 Å². The molecule has 36 heavy (non-hydrogen) atoms. The highest BCUT2D eigenvalue weighted by Gasteiger charge is 2.52. The number of rotatable bonds is 11. The lowest BCUT2D eigenvalue weighted by atomic mass is 10.1. The molecule has 1 amide bonds. The fraction of sp³-hybridized carbons (Fsp3) is 0.281. The van der Waals surface area contributed by atoms with E-state index in [1.807, 2.05) is 30.3 Å². The first-order chi connectivity index (χ1) is 17.4. The van der Waals surface area contributed by atoms with Crippen LogP contribution in [-0.4, -0.2) is 27.4 Å². The monoisotopic (exact) mass is 495 g/mol. The van der Waals surface area contributed by atoms with Crippen LogP contribution in [0.15, 0.2) is 104 Å². The summed E-state index contributed by atoms with van der Waals surface area (Å²) in [6.45, 7) is 15.6. The first-order valence-corrected chi connectivity index (χ1v) is 14.6. The maximum atomic E-state index is 12.3. The van der Waals surface area contributed by atoms with Crippen molar-refractivity contribution in [2.45, 2.75) is 38.3 Å². The minimum absolute atomic E-state index is 0.0599. The standard InChI is InChI=1S/C32H37NO2Si/c1-6-25-16-14-15-21-31(25)33(24-34)30(7-2)29-22-26(29)23-35-36(32(3,4)5,27-17-10-8-11-18-27)28-19-12-9-13-20-28/h6-21,24,26,29-30H,1-2,22-23H2,3-5H3/t26-,29-,30?/m0/s1. The van der Waals surface area contributed by atoms with Gasteiger partial charge in [-0.3, -0.25) is 4.79 Å². The largest absolute Gasteiger partial charge is 0.407 e. The highest BCUT2D eigenvalue weighted by molar-refractivity contribution is 6.99. The van der Waals surface area contributed by atoms with Gasteiger partial charge in [0.25, 0.3) is 8.32 Å². The Labute approximate surface area is 217 Å². The number of carbonyl (C=O) groups is 1. The number of para-hydroxylation sites is 1. The molecule has 0 heterocycles. The lowest BCUT2D eigenvalue weighted by Crippen LogP contribution is -2.66. The number of anilines is 1. The van der Waals surface area contributed by atoms with E-state index < -0.39 is 8.32 Å². The Balaban J connectivity index is 1.61. The van der Waals surface area contributed by atoms with Crippen molar-refractivity contribution < 1.29 is 9.22 Å². The molecule has 1 saturated carbocycles. The topological polar surface area (TPSA) is 29.5 Å². The third-order valence-electron chi connectivity index (χ3n) is 7.46. The third kappa shape index (κ3) is 4.88. The summed E-state index contributed by atoms with van der Waals surface area (Å²) in [6.07, 6.45) is 5.63. The number of nitrogens with zero attached hydrogens (tertiary/aromatic N) is 1. The zero-order valence-corrected chi connectivity index (χ0v) is 22.6. The van der Waals surface area contributed by atoms with E-state index in [0.717, 1.165) is 24.1 Å². The second kappa shape index (κ2) is 10.8. The Morgan fingerprint density at radius 1 is 0.944 bits per heavy atom. The molecule has 0 N–H and O–H groups in total. The van der Waals surface area contributed by atoms with Crippen molar-refractivity contribution in [3.8, 4) is 0 Å². The predicted molar refractivity (Wildman–Crippen MR) is 154 cm³/mol. The zero-order valence-electron chi connectivity index (χ0n) is 21.6. The number of amides is 1. The van der Waals surface area contributed by atoms with Crippen LogP contribution in [0.5, 0.6) is 0 Å². The number of benzene rings is 3. The van der Waals surface area contributed by atoms with Crippen molar-refractivity contribution in [3.63, 3.8) is 0 Å². The molecule has 0 radical (unpaired) electrons. The molecule has 4 heteroatoms. The van der Waals surface area contributed by atoms with Gasteiger partial charge in [-0.25, -0.2) is 0 Å². The average Bonchev–Trinajstić information content (AvgIpc) is 3.67. The number of hydrogen-bond acceptors (Lipinski definition) is 2. The Morgan fingerprint density at radius 2 is 1.50 bits per heavy atom. The minimum atomic E-state index is -2.58. The van der Waals surface area contributed by atoms with E-state index in [2.05, 4.69) is 94.6 Å². The van der Waals surface area contributed by atoms with Gasteiger partial charge in [-0.05, 0) is 45.3 Å². The van der Waals surface area contributed by atoms with E-state index in [-0.39, 0.29) is 11.1 Å². The van der Waals surface area contributed by atoms with Crippen molar-refractivity contribution in [1.29, 1.82) is 0 Å². The van der Waals surface area contributed by atoms with Gasteiger partial charge in [-0.15, -0.1) is 6.58 Å². The summed E-state index contributed by atoms with van der Waals surface area (Å²) >= 11 is 0. The van der Waals surface area contributed by atoms with Gasteiger partial charge in [0, 0.05) is 6.61 Å². The Kier molecular flexibility index (Phi) is 7.77. The van der Waals surface area contributed by atoms with E-state index in [9.17, 15) is 4.79 Å². The average molecular weight is 496 g/mol. The fourth-order valence-electron chi connectivity index (χ4n) is 5.55. The summed E-state index contributed by atoms with van der Waals surface area (Å²) in [6, 6.07) is 29.3. The molecular formula is C32H37NO2Si. The van der Waals surface area contributed by atoms with E-state index in [1.54, 1.807) is 11.0 Å². The Hall–Kier alpha value is -3.21. The molecule has 1 aliphatic carbocycles. The van der Waals surface area contributed by atoms with Crippen LogP contribution in [0.25, 0.3) is 6.08 Å². The Morgan fingerprint density at radius 3 is 2.00 bits per heavy atom. The second-order valence-electron chi connectivity index (χ2n) is 10.6. The van der Waals surface area contributed by atoms with E-state index >= 15 is 0 Å². The molecule has 0 bridgehead atoms. The van der Waals surface area contributed by atoms with E-state index in [0.29, 0.717) is 18.4 Å². The smallest absolute Gasteiger partial charge is 0.261 e. The van der Waals surface area contributed by atoms with Crippen molar-refractivity contribution in [1.82, 2.24) is 0 Å². The number of hydrogen-bond donors (Lipinski definition) is 0. The zero-order chi connectivity index (χ0) is 25.8. The summed E-state index contributed by atoms with van der Waals surface area (Å²) < 4.78 is 7.16. The van der Waals surface area contributed by atoms with Crippen LogP contribution in [0.2, 0.25) is 5.04 Å². The molecule has 3 aromatic carbocycles. The van der Waals surface area contributed by atoms with Crippen LogP contribution in [0.4, 0.5) is 5.69 Å². The van der Waals surface area contributed by atoms with Gasteiger partial charge in [0.05, 0.1) is 11.7 Å². The highest BCUT2D eigenvalue weighted by atomic mass is 28.4. The summed E-state index contributed by atoms with van der Waals surface area (Å²) in [4.78, 5) is 14.1. The molecule has 0 aromatic heterocycles. The van der Waals surface area contributed by atoms with Crippen LogP contribution >= 0.6 is 0 Å². The highest BCUT2D eigenvalue weighted by Crippen LogP contribution is 2.46. The van der Waals surface area contributed by atoms with Gasteiger partial charge in [-0.1, -0.05) is 118 Å². The minimum Gasteiger partial charge on any atom is -0.407 e. The molecule has 0 saturated heterocycles. The van der Waals surface area contributed by atoms with Gasteiger partial charge >= 0.3 is 0 Å². The lowest BCUT2D eigenvalue weighted by molar-refractivity contribution is -0.107. The SMILES string of the molecule is C=Cc1ccccc1N(C=O)C(C=C)[C@H]1C[C@H]1CO[Si](c1ccccc1)(c1ccccc1)C(C)(C)C. The molecule has 1 unspecified atom stereocenters. The summed E-state index contributed by atoms with van der Waals surface area (Å²) in [7, 11) is -2.58. The predicted octanol–water partition coefficient (Wildman–Crippen LogP) is 6.06. The molecule has 3 nitrogen and oxygen atoms in total. The van der Waals surface area contributed by atoms with Crippen molar-refractivity contribution in [2.75, 3.05) is 11.5 Å². The van der Waals surface area contributed by atoms with Crippen molar-refractivity contribution in [3.05, 3.63) is 110 Å². The molecule has 0 aliphatic heterocycles. The summed E-state index contributed by atoms with van der Waals surface area (Å²) in [5.74, 6) is 0.678. The van der Waals surface area contributed by atoms with Crippen LogP contribution < -0.4 is 15.3 Å². The Bertz CT molecular complexity index is 1150. The molecule has 3 aromatic rings. The first-order valence-electron chi connectivity index (χ1n) is 12.7. The lowest BCUT2D eigenvalue weighted by Gasteiger charge is -2.43. The fourth-order valence-corrected chi connectivity index (χ4v) is 10.2. The van der Waals surface area contributed by atoms with Gasteiger partial charge in [0.15, 0.2) is 0 Å². The molecule has 0 spiro atoms. The molecule has 4 rings (SSSR count). The molecule has 1 fully saturated rings. The van der Waals surface area contributed by atoms with Crippen LogP contribution in [0, 0.1) is 11.8 Å². The quantitative estimate of drug-likeness (QED) is 0.184. The van der Waals surface area contributed by atoms with E-state index in [4.69, 9.17) is 4.43 Å². The van der Waals surface area contributed by atoms with Crippen LogP contribution in [0.3, 0.4) is 0 Å². The third-order valence-corrected chi connectivity index (χ3v) is 12.5. The normalized spacial score (nSPS) is 18.2. The number of carbonyl (C=O) groups excluding carboxylic acids is 1. The second-order valence-corrected chi connectivity index (χ2v) is 14.9. The van der Waals surface area contributed by atoms with Gasteiger partial charge < -0.3 is 9.33 Å². The van der Waals surface area contributed by atoms with Crippen LogP contribution in [-0.2, 0) is 9.22 Å². The molecule has 1 aliphatic rings. The summed E-state index contributed by atoms with van der Waals surface area (Å²) in [5.41, 5.74) is 1.81. The maximum Gasteiger partial charge on any atom is 0.261 e. The van der Waals surface area contributed by atoms with E-state index in [1.165, 1.54) is 10.4 Å². The maximum absolute atomic E-state index is 12.3. The first kappa shape index (κ1) is 25.9. The molecule has 3 atom stereocenters. The van der Waals surface area contributed by atoms with Gasteiger partial charge in [-0.2, -0.15) is 0 Å².